The Morgan fingerprint density at radius 3 is 2.93 bits per heavy atom. The van der Waals surface area contributed by atoms with E-state index in [9.17, 15) is 9.50 Å². The highest BCUT2D eigenvalue weighted by Gasteiger charge is 2.08. The number of hydrogen-bond donors (Lipinski definition) is 2. The summed E-state index contributed by atoms with van der Waals surface area (Å²) < 4.78 is 13.0. The summed E-state index contributed by atoms with van der Waals surface area (Å²) in [6, 6.07) is 4.64. The van der Waals surface area contributed by atoms with Crippen LogP contribution in [0.2, 0.25) is 0 Å². The Bertz CT molecular complexity index is 338. The van der Waals surface area contributed by atoms with Crippen molar-refractivity contribution in [3.05, 3.63) is 47.8 Å². The van der Waals surface area contributed by atoms with E-state index in [1.54, 1.807) is 25.1 Å². The summed E-state index contributed by atoms with van der Waals surface area (Å²) in [5.74, 6) is -0.245. The van der Waals surface area contributed by atoms with Gasteiger partial charge in [0, 0.05) is 13.1 Å². The fourth-order valence-corrected chi connectivity index (χ4v) is 1.32. The third kappa shape index (κ3) is 3.46. The molecule has 3 heteroatoms. The molecule has 2 nitrogen and oxygen atoms in total. The molecular weight excluding hydrogens is 193 g/mol. The zero-order valence-electron chi connectivity index (χ0n) is 8.83. The van der Waals surface area contributed by atoms with Gasteiger partial charge < -0.3 is 10.4 Å². The Hall–Kier alpha value is -1.19. The summed E-state index contributed by atoms with van der Waals surface area (Å²) in [5, 5.41) is 12.7. The molecule has 1 aromatic rings. The van der Waals surface area contributed by atoms with Crippen molar-refractivity contribution in [3.8, 4) is 0 Å². The number of nitrogens with one attached hydrogen (secondary N) is 1. The lowest BCUT2D eigenvalue weighted by Crippen LogP contribution is -2.21. The van der Waals surface area contributed by atoms with Crippen LogP contribution in [0.3, 0.4) is 0 Å². The van der Waals surface area contributed by atoms with Crippen molar-refractivity contribution in [1.29, 1.82) is 0 Å². The van der Waals surface area contributed by atoms with E-state index in [0.29, 0.717) is 18.7 Å². The Kier molecular flexibility index (Phi) is 4.46. The maximum Gasteiger partial charge on any atom is 0.126 e. The number of aliphatic hydroxyl groups is 1. The molecule has 0 saturated heterocycles. The summed E-state index contributed by atoms with van der Waals surface area (Å²) in [7, 11) is 0. The van der Waals surface area contributed by atoms with Crippen LogP contribution in [0, 0.1) is 12.7 Å². The molecule has 1 aromatic carbocycles. The molecule has 0 aliphatic rings. The van der Waals surface area contributed by atoms with Crippen LogP contribution >= 0.6 is 0 Å². The maximum atomic E-state index is 13.0. The van der Waals surface area contributed by atoms with Gasteiger partial charge in [0.2, 0.25) is 0 Å². The minimum Gasteiger partial charge on any atom is -0.387 e. The van der Waals surface area contributed by atoms with E-state index in [1.807, 2.05) is 0 Å². The monoisotopic (exact) mass is 209 g/mol. The average molecular weight is 209 g/mol. The second-order valence-corrected chi connectivity index (χ2v) is 3.47. The fraction of sp³-hybridized carbons (Fsp3) is 0.333. The van der Waals surface area contributed by atoms with Gasteiger partial charge in [0.25, 0.3) is 0 Å². The molecule has 0 heterocycles. The van der Waals surface area contributed by atoms with Crippen molar-refractivity contribution in [2.45, 2.75) is 13.0 Å². The molecule has 0 radical (unpaired) electrons. The third-order valence-electron chi connectivity index (χ3n) is 2.19. The Labute approximate surface area is 89.4 Å². The fourth-order valence-electron chi connectivity index (χ4n) is 1.32. The highest BCUT2D eigenvalue weighted by molar-refractivity contribution is 5.25. The molecule has 0 aliphatic carbocycles. The van der Waals surface area contributed by atoms with Gasteiger partial charge in [-0.15, -0.1) is 6.58 Å². The van der Waals surface area contributed by atoms with Gasteiger partial charge in [0.05, 0.1) is 6.10 Å². The molecule has 82 valence electrons. The van der Waals surface area contributed by atoms with Crippen molar-refractivity contribution in [3.63, 3.8) is 0 Å². The first-order valence-corrected chi connectivity index (χ1v) is 4.91. The maximum absolute atomic E-state index is 13.0. The van der Waals surface area contributed by atoms with Crippen LogP contribution in [0.1, 0.15) is 17.2 Å². The molecule has 2 N–H and O–H groups in total. The molecule has 0 spiro atoms. The van der Waals surface area contributed by atoms with Crippen LogP contribution in [0.5, 0.6) is 0 Å². The summed E-state index contributed by atoms with van der Waals surface area (Å²) in [5.41, 5.74) is 1.28. The Morgan fingerprint density at radius 2 is 2.33 bits per heavy atom. The van der Waals surface area contributed by atoms with Crippen molar-refractivity contribution in [1.82, 2.24) is 5.32 Å². The van der Waals surface area contributed by atoms with Crippen molar-refractivity contribution in [2.75, 3.05) is 13.1 Å². The topological polar surface area (TPSA) is 32.3 Å². The third-order valence-corrected chi connectivity index (χ3v) is 2.19. The molecule has 1 atom stereocenters. The first-order chi connectivity index (χ1) is 7.15. The van der Waals surface area contributed by atoms with Gasteiger partial charge >= 0.3 is 0 Å². The number of halogens is 1. The van der Waals surface area contributed by atoms with Crippen LogP contribution in [0.4, 0.5) is 4.39 Å². The minimum absolute atomic E-state index is 0.245. The number of benzene rings is 1. The molecular formula is C12H16FNO. The van der Waals surface area contributed by atoms with Crippen molar-refractivity contribution < 1.29 is 9.50 Å². The van der Waals surface area contributed by atoms with Gasteiger partial charge in [0.1, 0.15) is 5.82 Å². The average Bonchev–Trinajstić information content (AvgIpc) is 2.22. The smallest absolute Gasteiger partial charge is 0.126 e. The molecule has 0 fully saturated rings. The Balaban J connectivity index is 2.61. The molecule has 0 aliphatic heterocycles. The van der Waals surface area contributed by atoms with Crippen LogP contribution in [0.25, 0.3) is 0 Å². The molecule has 0 amide bonds. The zero-order chi connectivity index (χ0) is 11.3. The van der Waals surface area contributed by atoms with E-state index in [-0.39, 0.29) is 5.82 Å². The van der Waals surface area contributed by atoms with E-state index < -0.39 is 6.10 Å². The number of rotatable bonds is 5. The van der Waals surface area contributed by atoms with E-state index in [2.05, 4.69) is 11.9 Å². The van der Waals surface area contributed by atoms with E-state index in [4.69, 9.17) is 0 Å². The zero-order valence-corrected chi connectivity index (χ0v) is 8.83. The van der Waals surface area contributed by atoms with Crippen molar-refractivity contribution >= 4 is 0 Å². The van der Waals surface area contributed by atoms with Crippen LogP contribution < -0.4 is 5.32 Å². The van der Waals surface area contributed by atoms with E-state index in [0.717, 1.165) is 5.56 Å². The van der Waals surface area contributed by atoms with E-state index in [1.165, 1.54) is 6.07 Å². The van der Waals surface area contributed by atoms with Gasteiger partial charge in [-0.1, -0.05) is 18.2 Å². The standard InChI is InChI=1S/C12H16FNO/c1-3-6-14-8-12(15)10-4-5-11(13)9(2)7-10/h3-5,7,12,14-15H,1,6,8H2,2H3. The minimum atomic E-state index is -0.607. The lowest BCUT2D eigenvalue weighted by atomic mass is 10.1. The lowest BCUT2D eigenvalue weighted by molar-refractivity contribution is 0.176. The Morgan fingerprint density at radius 1 is 1.60 bits per heavy atom. The molecule has 0 bridgehead atoms. The summed E-state index contributed by atoms with van der Waals surface area (Å²) >= 11 is 0. The predicted octanol–water partition coefficient (Wildman–Crippen LogP) is 1.94. The lowest BCUT2D eigenvalue weighted by Gasteiger charge is -2.12. The van der Waals surface area contributed by atoms with Gasteiger partial charge in [-0.05, 0) is 24.1 Å². The molecule has 0 aromatic heterocycles. The first kappa shape index (κ1) is 11.9. The predicted molar refractivity (Wildman–Crippen MR) is 59.2 cm³/mol. The van der Waals surface area contributed by atoms with Crippen LogP contribution in [0.15, 0.2) is 30.9 Å². The van der Waals surface area contributed by atoms with E-state index >= 15 is 0 Å². The second-order valence-electron chi connectivity index (χ2n) is 3.47. The molecule has 1 rings (SSSR count). The summed E-state index contributed by atoms with van der Waals surface area (Å²) in [6.45, 7) is 6.34. The first-order valence-electron chi connectivity index (χ1n) is 4.91. The van der Waals surface area contributed by atoms with Gasteiger partial charge in [-0.2, -0.15) is 0 Å². The van der Waals surface area contributed by atoms with Gasteiger partial charge in [-0.25, -0.2) is 4.39 Å². The SMILES string of the molecule is C=CCNCC(O)c1ccc(F)c(C)c1. The number of aryl methyl sites for hydroxylation is 1. The highest BCUT2D eigenvalue weighted by atomic mass is 19.1. The molecule has 15 heavy (non-hydrogen) atoms. The largest absolute Gasteiger partial charge is 0.387 e. The van der Waals surface area contributed by atoms with Gasteiger partial charge in [0.15, 0.2) is 0 Å². The second kappa shape index (κ2) is 5.63. The summed E-state index contributed by atoms with van der Waals surface area (Å²) in [4.78, 5) is 0. The van der Waals surface area contributed by atoms with Crippen LogP contribution in [-0.2, 0) is 0 Å². The number of hydrogen-bond acceptors (Lipinski definition) is 2. The number of aliphatic hydroxyl groups excluding tert-OH is 1. The van der Waals surface area contributed by atoms with Crippen molar-refractivity contribution in [2.24, 2.45) is 0 Å². The molecule has 1 unspecified atom stereocenters. The highest BCUT2D eigenvalue weighted by Crippen LogP contribution is 2.15. The van der Waals surface area contributed by atoms with Crippen LogP contribution in [-0.4, -0.2) is 18.2 Å². The molecule has 0 saturated carbocycles. The quantitative estimate of drug-likeness (QED) is 0.574. The normalized spacial score (nSPS) is 12.5. The van der Waals surface area contributed by atoms with Gasteiger partial charge in [-0.3, -0.25) is 0 Å². The summed E-state index contributed by atoms with van der Waals surface area (Å²) in [6.07, 6.45) is 1.12.